The Hall–Kier alpha value is -0.980. The van der Waals surface area contributed by atoms with Gasteiger partial charge in [0.05, 0.1) is 7.11 Å². The van der Waals surface area contributed by atoms with Crippen LogP contribution in [0.15, 0.2) is 37.1 Å². The van der Waals surface area contributed by atoms with Crippen LogP contribution in [0, 0.1) is 0 Å². The summed E-state index contributed by atoms with van der Waals surface area (Å²) < 4.78 is 5.01. The van der Waals surface area contributed by atoms with Crippen LogP contribution in [-0.2, 0) is 4.74 Å². The highest BCUT2D eigenvalue weighted by Crippen LogP contribution is 2.06. The predicted molar refractivity (Wildman–Crippen MR) is 62.8 cm³/mol. The van der Waals surface area contributed by atoms with Crippen LogP contribution in [0.5, 0.6) is 0 Å². The molecule has 0 aromatic carbocycles. The summed E-state index contributed by atoms with van der Waals surface area (Å²) in [5, 5.41) is 0. The Morgan fingerprint density at radius 3 is 1.77 bits per heavy atom. The molecule has 0 fully saturated rings. The fourth-order valence-corrected chi connectivity index (χ4v) is 0.617. The summed E-state index contributed by atoms with van der Waals surface area (Å²) in [7, 11) is 1.66. The molecule has 13 heavy (non-hydrogen) atoms. The van der Waals surface area contributed by atoms with Gasteiger partial charge in [-0.3, -0.25) is 0 Å². The summed E-state index contributed by atoms with van der Waals surface area (Å²) >= 11 is 0. The molecule has 0 bridgehead atoms. The number of hydrogen-bond donors (Lipinski definition) is 0. The highest BCUT2D eigenvalue weighted by molar-refractivity contribution is 5.19. The Balaban J connectivity index is -0.000000218. The van der Waals surface area contributed by atoms with Gasteiger partial charge in [-0.05, 0) is 25.0 Å². The lowest BCUT2D eigenvalue weighted by atomic mass is 10.2. The maximum atomic E-state index is 5.01. The second kappa shape index (κ2) is 17.2. The molecule has 0 unspecified atom stereocenters. The third kappa shape index (κ3) is 13.9. The molecule has 0 aromatic rings. The zero-order chi connectivity index (χ0) is 11.3. The van der Waals surface area contributed by atoms with Gasteiger partial charge >= 0.3 is 0 Å². The number of methoxy groups -OCH3 is 1. The van der Waals surface area contributed by atoms with Crippen molar-refractivity contribution < 1.29 is 4.74 Å². The first-order valence-electron chi connectivity index (χ1n) is 4.62. The standard InChI is InChI=1S/C8H14O.C2H6.C2H4/c1-5-6-8(9-4)7(2)3;2*1-2/h6H,2,5H2,1,3-4H3;1-2H3;1-2H2/b8-6+;;. The lowest BCUT2D eigenvalue weighted by molar-refractivity contribution is 0.299. The second-order valence-electron chi connectivity index (χ2n) is 1.96. The molecular formula is C12H24O. The van der Waals surface area contributed by atoms with Crippen molar-refractivity contribution in [3.63, 3.8) is 0 Å². The van der Waals surface area contributed by atoms with E-state index in [1.165, 1.54) is 0 Å². The molecule has 0 saturated heterocycles. The van der Waals surface area contributed by atoms with Crippen molar-refractivity contribution >= 4 is 0 Å². The van der Waals surface area contributed by atoms with Gasteiger partial charge in [0.15, 0.2) is 0 Å². The minimum absolute atomic E-state index is 0.900. The Morgan fingerprint density at radius 1 is 1.31 bits per heavy atom. The molecular weight excluding hydrogens is 160 g/mol. The Morgan fingerprint density at radius 2 is 1.69 bits per heavy atom. The molecule has 0 aliphatic carbocycles. The normalized spacial score (nSPS) is 8.54. The van der Waals surface area contributed by atoms with Crippen molar-refractivity contribution in [2.24, 2.45) is 0 Å². The first kappa shape index (κ1) is 17.9. The molecule has 0 amide bonds. The summed E-state index contributed by atoms with van der Waals surface area (Å²) in [6, 6.07) is 0. The molecule has 1 heteroatoms. The maximum Gasteiger partial charge on any atom is 0.117 e. The smallest absolute Gasteiger partial charge is 0.117 e. The van der Waals surface area contributed by atoms with Gasteiger partial charge in [-0.25, -0.2) is 0 Å². The molecule has 0 N–H and O–H groups in total. The highest BCUT2D eigenvalue weighted by Gasteiger charge is 1.91. The lowest BCUT2D eigenvalue weighted by Gasteiger charge is -2.02. The first-order chi connectivity index (χ1) is 6.22. The predicted octanol–water partition coefficient (Wildman–Crippen LogP) is 4.33. The van der Waals surface area contributed by atoms with Gasteiger partial charge in [0.25, 0.3) is 0 Å². The number of rotatable bonds is 3. The van der Waals surface area contributed by atoms with Crippen LogP contribution in [0.1, 0.15) is 34.1 Å². The van der Waals surface area contributed by atoms with Crippen LogP contribution < -0.4 is 0 Å². The van der Waals surface area contributed by atoms with Gasteiger partial charge in [0, 0.05) is 0 Å². The van der Waals surface area contributed by atoms with E-state index in [0.717, 1.165) is 17.8 Å². The van der Waals surface area contributed by atoms with Gasteiger partial charge in [-0.1, -0.05) is 27.4 Å². The monoisotopic (exact) mass is 184 g/mol. The molecule has 78 valence electrons. The number of hydrogen-bond acceptors (Lipinski definition) is 1. The van der Waals surface area contributed by atoms with Crippen molar-refractivity contribution in [1.29, 1.82) is 0 Å². The molecule has 0 rings (SSSR count). The molecule has 1 nitrogen and oxygen atoms in total. The number of ether oxygens (including phenoxy) is 1. The van der Waals surface area contributed by atoms with Crippen LogP contribution in [0.2, 0.25) is 0 Å². The molecule has 0 aliphatic heterocycles. The Labute approximate surface area is 83.8 Å². The van der Waals surface area contributed by atoms with E-state index < -0.39 is 0 Å². The SMILES string of the molecule is C=C.C=C(C)/C(=C\CC)OC.CC. The summed E-state index contributed by atoms with van der Waals surface area (Å²) in [6.07, 6.45) is 3.01. The third-order valence-electron chi connectivity index (χ3n) is 1.03. The maximum absolute atomic E-state index is 5.01. The van der Waals surface area contributed by atoms with Crippen LogP contribution in [-0.4, -0.2) is 7.11 Å². The van der Waals surface area contributed by atoms with Gasteiger partial charge < -0.3 is 4.74 Å². The first-order valence-corrected chi connectivity index (χ1v) is 4.62. The Kier molecular flexibility index (Phi) is 23.7. The van der Waals surface area contributed by atoms with Crippen LogP contribution in [0.25, 0.3) is 0 Å². The van der Waals surface area contributed by atoms with E-state index in [-0.39, 0.29) is 0 Å². The van der Waals surface area contributed by atoms with Crippen LogP contribution in [0.4, 0.5) is 0 Å². The van der Waals surface area contributed by atoms with Gasteiger partial charge in [0.2, 0.25) is 0 Å². The van der Waals surface area contributed by atoms with Crippen molar-refractivity contribution in [3.05, 3.63) is 37.1 Å². The second-order valence-corrected chi connectivity index (χ2v) is 1.96. The average Bonchev–Trinajstić information content (AvgIpc) is 2.20. The molecule has 0 radical (unpaired) electrons. The van der Waals surface area contributed by atoms with E-state index in [2.05, 4.69) is 26.7 Å². The van der Waals surface area contributed by atoms with Crippen molar-refractivity contribution in [1.82, 2.24) is 0 Å². The van der Waals surface area contributed by atoms with E-state index in [9.17, 15) is 0 Å². The molecule has 0 atom stereocenters. The Bertz CT molecular complexity index is 134. The highest BCUT2D eigenvalue weighted by atomic mass is 16.5. The van der Waals surface area contributed by atoms with Gasteiger partial charge in [-0.2, -0.15) is 0 Å². The molecule has 0 saturated carbocycles. The zero-order valence-corrected chi connectivity index (χ0v) is 9.81. The zero-order valence-electron chi connectivity index (χ0n) is 9.81. The lowest BCUT2D eigenvalue weighted by Crippen LogP contribution is -1.85. The number of allylic oxidation sites excluding steroid dienone is 2. The molecule has 0 heterocycles. The van der Waals surface area contributed by atoms with Gasteiger partial charge in [0.1, 0.15) is 5.76 Å². The van der Waals surface area contributed by atoms with Crippen molar-refractivity contribution in [2.45, 2.75) is 34.1 Å². The fourth-order valence-electron chi connectivity index (χ4n) is 0.617. The largest absolute Gasteiger partial charge is 0.497 e. The van der Waals surface area contributed by atoms with Crippen molar-refractivity contribution in [3.8, 4) is 0 Å². The minimum atomic E-state index is 0.900. The molecule has 0 spiro atoms. The van der Waals surface area contributed by atoms with E-state index in [1.54, 1.807) is 7.11 Å². The van der Waals surface area contributed by atoms with E-state index in [0.29, 0.717) is 0 Å². The molecule has 0 aromatic heterocycles. The topological polar surface area (TPSA) is 9.23 Å². The fraction of sp³-hybridized carbons (Fsp3) is 0.500. The van der Waals surface area contributed by atoms with Crippen LogP contribution in [0.3, 0.4) is 0 Å². The van der Waals surface area contributed by atoms with Gasteiger partial charge in [-0.15, -0.1) is 13.2 Å². The summed E-state index contributed by atoms with van der Waals surface area (Å²) in [4.78, 5) is 0. The average molecular weight is 184 g/mol. The molecule has 0 aliphatic rings. The van der Waals surface area contributed by atoms with E-state index in [1.807, 2.05) is 26.8 Å². The van der Waals surface area contributed by atoms with E-state index >= 15 is 0 Å². The van der Waals surface area contributed by atoms with Crippen molar-refractivity contribution in [2.75, 3.05) is 7.11 Å². The van der Waals surface area contributed by atoms with Crippen LogP contribution >= 0.6 is 0 Å². The summed E-state index contributed by atoms with van der Waals surface area (Å²) in [6.45, 7) is 17.8. The third-order valence-corrected chi connectivity index (χ3v) is 1.03. The quantitative estimate of drug-likeness (QED) is 0.360. The minimum Gasteiger partial charge on any atom is -0.497 e. The van der Waals surface area contributed by atoms with E-state index in [4.69, 9.17) is 4.74 Å². The summed E-state index contributed by atoms with van der Waals surface area (Å²) in [5.41, 5.74) is 0.986. The summed E-state index contributed by atoms with van der Waals surface area (Å²) in [5.74, 6) is 0.900.